The minimum absolute atomic E-state index is 0.269. The average molecular weight is 281 g/mol. The van der Waals surface area contributed by atoms with Gasteiger partial charge >= 0.3 is 0 Å². The van der Waals surface area contributed by atoms with E-state index in [0.29, 0.717) is 0 Å². The predicted molar refractivity (Wildman–Crippen MR) is 82.9 cm³/mol. The van der Waals surface area contributed by atoms with Crippen molar-refractivity contribution in [2.45, 2.75) is 25.7 Å². The molecule has 0 aliphatic rings. The Bertz CT molecular complexity index is 552. The molecule has 0 aliphatic heterocycles. The van der Waals surface area contributed by atoms with Crippen LogP contribution in [0.4, 0.5) is 0 Å². The van der Waals surface area contributed by atoms with Gasteiger partial charge in [-0.3, -0.25) is 14.9 Å². The van der Waals surface area contributed by atoms with Gasteiger partial charge in [-0.05, 0) is 25.0 Å². The molecule has 2 amide bonds. The Morgan fingerprint density at radius 2 is 1.05 bits per heavy atom. The van der Waals surface area contributed by atoms with E-state index in [0.717, 1.165) is 11.1 Å². The lowest BCUT2D eigenvalue weighted by Gasteiger charge is -2.15. The molecule has 0 saturated carbocycles. The zero-order valence-corrected chi connectivity index (χ0v) is 12.2. The van der Waals surface area contributed by atoms with Crippen LogP contribution in [0.25, 0.3) is 0 Å². The quantitative estimate of drug-likeness (QED) is 0.935. The first-order valence-electron chi connectivity index (χ1n) is 7.04. The Balaban J connectivity index is 2.01. The molecule has 2 aromatic carbocycles. The highest BCUT2D eigenvalue weighted by molar-refractivity contribution is 6.00. The number of carbonyl (C=O) groups is 2. The molecule has 3 nitrogen and oxygen atoms in total. The summed E-state index contributed by atoms with van der Waals surface area (Å²) in [5.74, 6) is -1.24. The Morgan fingerprint density at radius 1 is 0.714 bits per heavy atom. The van der Waals surface area contributed by atoms with Gasteiger partial charge in [-0.1, -0.05) is 60.7 Å². The lowest BCUT2D eigenvalue weighted by Crippen LogP contribution is -2.36. The number of carbonyl (C=O) groups excluding carboxylic acids is 2. The second-order valence-electron chi connectivity index (χ2n) is 5.12. The van der Waals surface area contributed by atoms with Gasteiger partial charge in [0.15, 0.2) is 0 Å². The van der Waals surface area contributed by atoms with E-state index in [-0.39, 0.29) is 23.7 Å². The summed E-state index contributed by atoms with van der Waals surface area (Å²) in [6.07, 6.45) is 0. The monoisotopic (exact) mass is 281 g/mol. The molecule has 21 heavy (non-hydrogen) atoms. The third-order valence-electron chi connectivity index (χ3n) is 3.63. The van der Waals surface area contributed by atoms with Crippen LogP contribution in [0.3, 0.4) is 0 Å². The molecule has 2 atom stereocenters. The first kappa shape index (κ1) is 15.0. The van der Waals surface area contributed by atoms with Crippen molar-refractivity contribution >= 4 is 11.8 Å². The van der Waals surface area contributed by atoms with Crippen molar-refractivity contribution in [1.82, 2.24) is 5.32 Å². The molecule has 1 N–H and O–H groups in total. The smallest absolute Gasteiger partial charge is 0.233 e. The zero-order chi connectivity index (χ0) is 15.2. The normalized spacial score (nSPS) is 13.2. The van der Waals surface area contributed by atoms with Crippen LogP contribution in [-0.2, 0) is 9.59 Å². The Labute approximate surface area is 125 Å². The molecule has 0 radical (unpaired) electrons. The third kappa shape index (κ3) is 3.78. The van der Waals surface area contributed by atoms with Crippen LogP contribution in [-0.4, -0.2) is 11.8 Å². The molecule has 2 aromatic rings. The topological polar surface area (TPSA) is 46.2 Å². The van der Waals surface area contributed by atoms with Crippen molar-refractivity contribution in [3.63, 3.8) is 0 Å². The van der Waals surface area contributed by atoms with Crippen molar-refractivity contribution in [2.75, 3.05) is 0 Å². The fourth-order valence-corrected chi connectivity index (χ4v) is 2.12. The van der Waals surface area contributed by atoms with Crippen LogP contribution in [0.2, 0.25) is 0 Å². The summed E-state index contributed by atoms with van der Waals surface area (Å²) < 4.78 is 0. The molecule has 108 valence electrons. The number of rotatable bonds is 4. The maximum Gasteiger partial charge on any atom is 0.233 e. The molecular weight excluding hydrogens is 262 g/mol. The number of hydrogen-bond donors (Lipinski definition) is 1. The molecule has 0 spiro atoms. The molecule has 2 unspecified atom stereocenters. The number of nitrogens with one attached hydrogen (secondary N) is 1. The SMILES string of the molecule is CC(C(=O)NC(=O)C(C)c1ccccc1)c1ccccc1. The summed E-state index contributed by atoms with van der Waals surface area (Å²) in [7, 11) is 0. The van der Waals surface area contributed by atoms with Crippen molar-refractivity contribution in [3.8, 4) is 0 Å². The molecule has 2 rings (SSSR count). The van der Waals surface area contributed by atoms with Gasteiger partial charge in [0.05, 0.1) is 11.8 Å². The highest BCUT2D eigenvalue weighted by Gasteiger charge is 2.21. The lowest BCUT2D eigenvalue weighted by atomic mass is 9.98. The van der Waals surface area contributed by atoms with Crippen LogP contribution in [0.5, 0.6) is 0 Å². The summed E-state index contributed by atoms with van der Waals surface area (Å²) in [5.41, 5.74) is 1.80. The van der Waals surface area contributed by atoms with E-state index >= 15 is 0 Å². The maximum absolute atomic E-state index is 12.2. The molecule has 0 aromatic heterocycles. The second kappa shape index (κ2) is 6.84. The average Bonchev–Trinajstić information content (AvgIpc) is 2.55. The molecule has 0 fully saturated rings. The molecule has 0 heterocycles. The second-order valence-corrected chi connectivity index (χ2v) is 5.12. The van der Waals surface area contributed by atoms with E-state index in [2.05, 4.69) is 5.32 Å². The van der Waals surface area contributed by atoms with E-state index in [1.54, 1.807) is 13.8 Å². The summed E-state index contributed by atoms with van der Waals surface area (Å²) in [5, 5.41) is 2.50. The van der Waals surface area contributed by atoms with Crippen molar-refractivity contribution in [1.29, 1.82) is 0 Å². The number of amides is 2. The van der Waals surface area contributed by atoms with E-state index in [4.69, 9.17) is 0 Å². The number of hydrogen-bond acceptors (Lipinski definition) is 2. The minimum atomic E-state index is -0.349. The van der Waals surface area contributed by atoms with Gasteiger partial charge in [-0.2, -0.15) is 0 Å². The van der Waals surface area contributed by atoms with Crippen LogP contribution in [0, 0.1) is 0 Å². The lowest BCUT2D eigenvalue weighted by molar-refractivity contribution is -0.131. The van der Waals surface area contributed by atoms with Crippen LogP contribution in [0.1, 0.15) is 36.8 Å². The van der Waals surface area contributed by atoms with E-state index in [9.17, 15) is 9.59 Å². The highest BCUT2D eigenvalue weighted by atomic mass is 16.2. The fraction of sp³-hybridized carbons (Fsp3) is 0.222. The first-order chi connectivity index (χ1) is 10.1. The van der Waals surface area contributed by atoms with Gasteiger partial charge < -0.3 is 0 Å². The van der Waals surface area contributed by atoms with E-state index in [1.807, 2.05) is 60.7 Å². The third-order valence-corrected chi connectivity index (χ3v) is 3.63. The van der Waals surface area contributed by atoms with Crippen molar-refractivity contribution < 1.29 is 9.59 Å². The zero-order valence-electron chi connectivity index (χ0n) is 12.2. The van der Waals surface area contributed by atoms with Gasteiger partial charge in [0.25, 0.3) is 0 Å². The van der Waals surface area contributed by atoms with Gasteiger partial charge in [0.2, 0.25) is 11.8 Å². The maximum atomic E-state index is 12.2. The number of imide groups is 1. The largest absolute Gasteiger partial charge is 0.295 e. The standard InChI is InChI=1S/C18H19NO2/c1-13(15-9-5-3-6-10-15)17(20)19-18(21)14(2)16-11-7-4-8-12-16/h3-14H,1-2H3,(H,19,20,21). The van der Waals surface area contributed by atoms with Gasteiger partial charge in [-0.15, -0.1) is 0 Å². The van der Waals surface area contributed by atoms with Gasteiger partial charge in [0.1, 0.15) is 0 Å². The summed E-state index contributed by atoms with van der Waals surface area (Å²) in [6, 6.07) is 18.9. The fourth-order valence-electron chi connectivity index (χ4n) is 2.12. The summed E-state index contributed by atoms with van der Waals surface area (Å²) in [4.78, 5) is 24.3. The first-order valence-corrected chi connectivity index (χ1v) is 7.04. The minimum Gasteiger partial charge on any atom is -0.295 e. The predicted octanol–water partition coefficient (Wildman–Crippen LogP) is 3.24. The van der Waals surface area contributed by atoms with Crippen LogP contribution >= 0.6 is 0 Å². The summed E-state index contributed by atoms with van der Waals surface area (Å²) in [6.45, 7) is 3.59. The molecule has 0 aliphatic carbocycles. The van der Waals surface area contributed by atoms with Crippen LogP contribution < -0.4 is 5.32 Å². The van der Waals surface area contributed by atoms with Crippen molar-refractivity contribution in [2.24, 2.45) is 0 Å². The van der Waals surface area contributed by atoms with Crippen molar-refractivity contribution in [3.05, 3.63) is 71.8 Å². The van der Waals surface area contributed by atoms with Gasteiger partial charge in [0, 0.05) is 0 Å². The Kier molecular flexibility index (Phi) is 4.88. The van der Waals surface area contributed by atoms with E-state index < -0.39 is 0 Å². The van der Waals surface area contributed by atoms with Crippen LogP contribution in [0.15, 0.2) is 60.7 Å². The molecule has 0 saturated heterocycles. The van der Waals surface area contributed by atoms with E-state index in [1.165, 1.54) is 0 Å². The molecular formula is C18H19NO2. The highest BCUT2D eigenvalue weighted by Crippen LogP contribution is 2.17. The Hall–Kier alpha value is -2.42. The molecule has 3 heteroatoms. The van der Waals surface area contributed by atoms with Gasteiger partial charge in [-0.25, -0.2) is 0 Å². The number of benzene rings is 2. The molecule has 0 bridgehead atoms. The summed E-state index contributed by atoms with van der Waals surface area (Å²) >= 11 is 0. The Morgan fingerprint density at radius 3 is 1.38 bits per heavy atom.